The van der Waals surface area contributed by atoms with E-state index in [1.165, 1.54) is 18.2 Å². The molecule has 1 aromatic carbocycles. The summed E-state index contributed by atoms with van der Waals surface area (Å²) in [7, 11) is 0. The first-order chi connectivity index (χ1) is 8.47. The Morgan fingerprint density at radius 3 is 2.33 bits per heavy atom. The molecule has 1 heterocycles. The standard InChI is InChI=1S/C11H7BrN2O4/c12-8-2-1-6(15)3-5(8)4-7-9(16)13-11(18)14-10(7)17/h1-4,15H,(H2,13,14,16,17,18). The molecule has 4 amide bonds. The van der Waals surface area contributed by atoms with Gasteiger partial charge in [-0.3, -0.25) is 20.2 Å². The summed E-state index contributed by atoms with van der Waals surface area (Å²) >= 11 is 3.22. The predicted octanol–water partition coefficient (Wildman–Crippen LogP) is 0.904. The highest BCUT2D eigenvalue weighted by Gasteiger charge is 2.27. The molecule has 1 aliphatic heterocycles. The molecule has 1 saturated heterocycles. The van der Waals surface area contributed by atoms with Gasteiger partial charge in [0.25, 0.3) is 11.8 Å². The van der Waals surface area contributed by atoms with Gasteiger partial charge >= 0.3 is 6.03 Å². The molecule has 1 aliphatic rings. The third kappa shape index (κ3) is 2.40. The Morgan fingerprint density at radius 1 is 1.11 bits per heavy atom. The fourth-order valence-corrected chi connectivity index (χ4v) is 1.76. The maximum atomic E-state index is 11.5. The molecule has 3 N–H and O–H groups in total. The lowest BCUT2D eigenvalue weighted by Gasteiger charge is -2.14. The van der Waals surface area contributed by atoms with Gasteiger partial charge in [0.1, 0.15) is 11.3 Å². The molecule has 0 bridgehead atoms. The summed E-state index contributed by atoms with van der Waals surface area (Å²) in [5, 5.41) is 13.3. The van der Waals surface area contributed by atoms with E-state index < -0.39 is 17.8 Å². The van der Waals surface area contributed by atoms with Gasteiger partial charge in [-0.2, -0.15) is 0 Å². The number of rotatable bonds is 1. The summed E-state index contributed by atoms with van der Waals surface area (Å²) < 4.78 is 0.602. The van der Waals surface area contributed by atoms with Crippen LogP contribution in [0.5, 0.6) is 5.75 Å². The van der Waals surface area contributed by atoms with Crippen LogP contribution in [-0.2, 0) is 9.59 Å². The molecule has 0 aromatic heterocycles. The van der Waals surface area contributed by atoms with E-state index in [4.69, 9.17) is 0 Å². The van der Waals surface area contributed by atoms with Crippen LogP contribution in [0, 0.1) is 0 Å². The van der Waals surface area contributed by atoms with E-state index in [9.17, 15) is 19.5 Å². The Balaban J connectivity index is 2.43. The highest BCUT2D eigenvalue weighted by molar-refractivity contribution is 9.10. The van der Waals surface area contributed by atoms with Crippen molar-refractivity contribution in [2.45, 2.75) is 0 Å². The van der Waals surface area contributed by atoms with Gasteiger partial charge < -0.3 is 5.11 Å². The Bertz CT molecular complexity index is 573. The average Bonchev–Trinajstić information content (AvgIpc) is 2.28. The number of benzene rings is 1. The Labute approximate surface area is 110 Å². The molecule has 0 radical (unpaired) electrons. The molecule has 0 aliphatic carbocycles. The number of hydrogen-bond donors (Lipinski definition) is 3. The minimum absolute atomic E-state index is 0.00208. The second-order valence-electron chi connectivity index (χ2n) is 3.50. The summed E-state index contributed by atoms with van der Waals surface area (Å²) in [6.07, 6.45) is 1.28. The van der Waals surface area contributed by atoms with Crippen LogP contribution in [0.4, 0.5) is 4.79 Å². The summed E-state index contributed by atoms with van der Waals surface area (Å²) in [4.78, 5) is 33.8. The van der Waals surface area contributed by atoms with Crippen LogP contribution in [0.2, 0.25) is 0 Å². The molecule has 0 saturated carbocycles. The van der Waals surface area contributed by atoms with E-state index in [-0.39, 0.29) is 11.3 Å². The van der Waals surface area contributed by atoms with Crippen molar-refractivity contribution in [3.05, 3.63) is 33.8 Å². The highest BCUT2D eigenvalue weighted by Crippen LogP contribution is 2.24. The molecule has 0 unspecified atom stereocenters. The molecule has 1 fully saturated rings. The van der Waals surface area contributed by atoms with E-state index in [2.05, 4.69) is 15.9 Å². The van der Waals surface area contributed by atoms with Gasteiger partial charge in [0.2, 0.25) is 0 Å². The van der Waals surface area contributed by atoms with E-state index in [1.54, 1.807) is 6.07 Å². The lowest BCUT2D eigenvalue weighted by molar-refractivity contribution is -0.123. The first kappa shape index (κ1) is 12.3. The van der Waals surface area contributed by atoms with Crippen LogP contribution in [0.25, 0.3) is 6.08 Å². The summed E-state index contributed by atoms with van der Waals surface area (Å²) in [6.45, 7) is 0. The zero-order chi connectivity index (χ0) is 13.3. The number of imide groups is 2. The average molecular weight is 311 g/mol. The van der Waals surface area contributed by atoms with Crippen molar-refractivity contribution >= 4 is 39.9 Å². The number of carbonyl (C=O) groups excluding carboxylic acids is 3. The number of hydrogen-bond acceptors (Lipinski definition) is 4. The van der Waals surface area contributed by atoms with Crippen LogP contribution in [0.15, 0.2) is 28.2 Å². The number of carbonyl (C=O) groups is 3. The van der Waals surface area contributed by atoms with Gasteiger partial charge in [0.15, 0.2) is 0 Å². The van der Waals surface area contributed by atoms with Gasteiger partial charge in [0.05, 0.1) is 0 Å². The predicted molar refractivity (Wildman–Crippen MR) is 65.5 cm³/mol. The Hall–Kier alpha value is -2.15. The monoisotopic (exact) mass is 310 g/mol. The number of aromatic hydroxyl groups is 1. The van der Waals surface area contributed by atoms with Gasteiger partial charge in [-0.1, -0.05) is 15.9 Å². The van der Waals surface area contributed by atoms with Crippen molar-refractivity contribution in [1.29, 1.82) is 0 Å². The molecule has 92 valence electrons. The van der Waals surface area contributed by atoms with Gasteiger partial charge in [-0.15, -0.1) is 0 Å². The third-order valence-corrected chi connectivity index (χ3v) is 2.94. The summed E-state index contributed by atoms with van der Waals surface area (Å²) in [6, 6.07) is 3.56. The van der Waals surface area contributed by atoms with Crippen LogP contribution in [0.3, 0.4) is 0 Å². The minimum atomic E-state index is -0.850. The van der Waals surface area contributed by atoms with Crippen LogP contribution in [0.1, 0.15) is 5.56 Å². The molecular formula is C11H7BrN2O4. The Morgan fingerprint density at radius 2 is 1.72 bits per heavy atom. The van der Waals surface area contributed by atoms with Crippen molar-refractivity contribution in [2.75, 3.05) is 0 Å². The number of phenolic OH excluding ortho intramolecular Hbond substituents is 1. The zero-order valence-electron chi connectivity index (χ0n) is 8.86. The maximum absolute atomic E-state index is 11.5. The molecule has 0 atom stereocenters. The highest BCUT2D eigenvalue weighted by atomic mass is 79.9. The molecular weight excluding hydrogens is 304 g/mol. The minimum Gasteiger partial charge on any atom is -0.508 e. The van der Waals surface area contributed by atoms with Crippen molar-refractivity contribution in [3.8, 4) is 5.75 Å². The largest absolute Gasteiger partial charge is 0.508 e. The number of amides is 4. The summed E-state index contributed by atoms with van der Waals surface area (Å²) in [5.41, 5.74) is 0.241. The van der Waals surface area contributed by atoms with E-state index >= 15 is 0 Å². The lowest BCUT2D eigenvalue weighted by atomic mass is 10.1. The molecule has 6 nitrogen and oxygen atoms in total. The fourth-order valence-electron chi connectivity index (χ4n) is 1.40. The van der Waals surface area contributed by atoms with Crippen LogP contribution < -0.4 is 10.6 Å². The lowest BCUT2D eigenvalue weighted by Crippen LogP contribution is -2.51. The quantitative estimate of drug-likeness (QED) is 0.530. The van der Waals surface area contributed by atoms with Crippen molar-refractivity contribution in [3.63, 3.8) is 0 Å². The fraction of sp³-hybridized carbons (Fsp3) is 0. The van der Waals surface area contributed by atoms with Gasteiger partial charge in [-0.25, -0.2) is 4.79 Å². The normalized spacial score (nSPS) is 15.2. The summed E-state index contributed by atoms with van der Waals surface area (Å²) in [5.74, 6) is -1.56. The van der Waals surface area contributed by atoms with Gasteiger partial charge in [0, 0.05) is 4.47 Å². The van der Waals surface area contributed by atoms with Crippen LogP contribution >= 0.6 is 15.9 Å². The Kier molecular flexibility index (Phi) is 3.15. The van der Waals surface area contributed by atoms with Crippen molar-refractivity contribution < 1.29 is 19.5 Å². The third-order valence-electron chi connectivity index (χ3n) is 2.22. The van der Waals surface area contributed by atoms with Crippen molar-refractivity contribution in [1.82, 2.24) is 10.6 Å². The van der Waals surface area contributed by atoms with Crippen molar-refractivity contribution in [2.24, 2.45) is 0 Å². The zero-order valence-corrected chi connectivity index (χ0v) is 10.4. The second kappa shape index (κ2) is 4.61. The van der Waals surface area contributed by atoms with E-state index in [1.807, 2.05) is 10.6 Å². The molecule has 7 heteroatoms. The molecule has 18 heavy (non-hydrogen) atoms. The first-order valence-corrected chi connectivity index (χ1v) is 5.63. The SMILES string of the molecule is O=C1NC(=O)C(=Cc2cc(O)ccc2Br)C(=O)N1. The molecule has 0 spiro atoms. The second-order valence-corrected chi connectivity index (χ2v) is 4.36. The van der Waals surface area contributed by atoms with Gasteiger partial charge in [-0.05, 0) is 29.8 Å². The first-order valence-electron chi connectivity index (χ1n) is 4.84. The van der Waals surface area contributed by atoms with Crippen LogP contribution in [-0.4, -0.2) is 23.0 Å². The smallest absolute Gasteiger partial charge is 0.328 e. The molecule has 1 aromatic rings. The number of nitrogens with one attached hydrogen (secondary N) is 2. The number of barbiturate groups is 1. The maximum Gasteiger partial charge on any atom is 0.328 e. The topological polar surface area (TPSA) is 95.5 Å². The van der Waals surface area contributed by atoms with E-state index in [0.717, 1.165) is 0 Å². The number of phenols is 1. The molecule has 2 rings (SSSR count). The number of urea groups is 1. The number of halogens is 1. The van der Waals surface area contributed by atoms with E-state index in [0.29, 0.717) is 10.0 Å².